The van der Waals surface area contributed by atoms with Crippen molar-refractivity contribution in [2.75, 3.05) is 0 Å². The van der Waals surface area contributed by atoms with Gasteiger partial charge >= 0.3 is 0 Å². The van der Waals surface area contributed by atoms with Gasteiger partial charge in [-0.3, -0.25) is 0 Å². The SMILES string of the molecule is C[C@H](C1CC2CC(C1)S2)[C@H](C1CC2CC(C1)O2)[C@H](c1c2cccc1O2)[C@@H](C1CC2CC(C1)O2)[C@H](C)C1C2CCCC1S2. The normalized spacial score (nSPS) is 48.8. The van der Waals surface area contributed by atoms with Gasteiger partial charge in [0, 0.05) is 26.6 Å². The van der Waals surface area contributed by atoms with Crippen LogP contribution in [-0.4, -0.2) is 45.4 Å². The Morgan fingerprint density at radius 2 is 1.17 bits per heavy atom. The second kappa shape index (κ2) is 10.1. The zero-order valence-electron chi connectivity index (χ0n) is 25.6. The molecule has 4 aliphatic carbocycles. The van der Waals surface area contributed by atoms with Crippen molar-refractivity contribution in [3.63, 3.8) is 0 Å². The van der Waals surface area contributed by atoms with Gasteiger partial charge in [-0.1, -0.05) is 26.3 Å². The van der Waals surface area contributed by atoms with Crippen LogP contribution in [0.15, 0.2) is 18.2 Å². The summed E-state index contributed by atoms with van der Waals surface area (Å²) >= 11 is 4.67. The Morgan fingerprint density at radius 3 is 1.67 bits per heavy atom. The lowest BCUT2D eigenvalue weighted by Gasteiger charge is -2.60. The maximum Gasteiger partial charge on any atom is 0.134 e. The van der Waals surface area contributed by atoms with Crippen molar-refractivity contribution < 1.29 is 14.2 Å². The highest BCUT2D eigenvalue weighted by Crippen LogP contribution is 2.66. The van der Waals surface area contributed by atoms with E-state index in [4.69, 9.17) is 14.2 Å². The minimum Gasteiger partial charge on any atom is -0.456 e. The molecular weight excluding hydrogens is 557 g/mol. The maximum atomic E-state index is 6.41. The van der Waals surface area contributed by atoms with E-state index in [0.717, 1.165) is 68.3 Å². The Kier molecular flexibility index (Phi) is 6.43. The van der Waals surface area contributed by atoms with E-state index in [2.05, 4.69) is 55.6 Å². The molecule has 13 rings (SSSR count). The quantitative estimate of drug-likeness (QED) is 0.284. The van der Waals surface area contributed by atoms with E-state index in [1.165, 1.54) is 88.5 Å². The molecule has 228 valence electrons. The van der Waals surface area contributed by atoms with Gasteiger partial charge in [-0.15, -0.1) is 0 Å². The van der Waals surface area contributed by atoms with Gasteiger partial charge in [0.25, 0.3) is 0 Å². The molecule has 0 N–H and O–H groups in total. The minimum atomic E-state index is 0.530. The summed E-state index contributed by atoms with van der Waals surface area (Å²) < 4.78 is 19.1. The van der Waals surface area contributed by atoms with Crippen molar-refractivity contribution >= 4 is 23.5 Å². The predicted molar refractivity (Wildman–Crippen MR) is 172 cm³/mol. The molecule has 8 aliphatic heterocycles. The van der Waals surface area contributed by atoms with E-state index in [9.17, 15) is 0 Å². The van der Waals surface area contributed by atoms with Crippen LogP contribution in [0.4, 0.5) is 0 Å². The van der Waals surface area contributed by atoms with Gasteiger partial charge in [0.05, 0.1) is 24.4 Å². The van der Waals surface area contributed by atoms with Crippen LogP contribution in [0.25, 0.3) is 0 Å². The monoisotopic (exact) mass is 606 g/mol. The van der Waals surface area contributed by atoms with Gasteiger partial charge in [-0.05, 0) is 136 Å². The molecule has 11 fully saturated rings. The lowest BCUT2D eigenvalue weighted by Crippen LogP contribution is -2.56. The summed E-state index contributed by atoms with van der Waals surface area (Å²) in [5.41, 5.74) is 1.65. The molecule has 0 spiro atoms. The molecule has 7 saturated heterocycles. The number of hydrogen-bond donors (Lipinski definition) is 0. The van der Waals surface area contributed by atoms with E-state index in [0.29, 0.717) is 30.3 Å². The summed E-state index contributed by atoms with van der Waals surface area (Å²) in [5, 5.41) is 3.72. The van der Waals surface area contributed by atoms with Crippen LogP contribution < -0.4 is 4.74 Å². The van der Waals surface area contributed by atoms with Crippen molar-refractivity contribution in [2.45, 2.75) is 142 Å². The van der Waals surface area contributed by atoms with Crippen molar-refractivity contribution in [2.24, 2.45) is 47.3 Å². The first-order chi connectivity index (χ1) is 20.6. The highest BCUT2D eigenvalue weighted by molar-refractivity contribution is 8.02. The number of ether oxygens (including phenoxy) is 3. The van der Waals surface area contributed by atoms with Crippen molar-refractivity contribution in [3.05, 3.63) is 23.8 Å². The van der Waals surface area contributed by atoms with E-state index < -0.39 is 0 Å². The van der Waals surface area contributed by atoms with Crippen LogP contribution in [0.5, 0.6) is 11.5 Å². The second-order valence-corrected chi connectivity index (χ2v) is 19.5. The first-order valence-electron chi connectivity index (χ1n) is 18.0. The minimum absolute atomic E-state index is 0.530. The molecule has 8 heterocycles. The average molecular weight is 607 g/mol. The Labute approximate surface area is 261 Å². The second-order valence-electron chi connectivity index (χ2n) is 16.4. The summed E-state index contributed by atoms with van der Waals surface area (Å²) in [6.07, 6.45) is 18.8. The molecular formula is C37H50O3S2. The summed E-state index contributed by atoms with van der Waals surface area (Å²) in [6.45, 7) is 5.48. The van der Waals surface area contributed by atoms with Gasteiger partial charge in [-0.25, -0.2) is 0 Å². The van der Waals surface area contributed by atoms with Crippen LogP contribution in [0, 0.1) is 47.3 Å². The third kappa shape index (κ3) is 4.13. The number of thioether (sulfide) groups is 2. The van der Waals surface area contributed by atoms with Crippen LogP contribution in [0.1, 0.15) is 102 Å². The molecule has 1 aromatic carbocycles. The molecule has 0 amide bonds. The fourth-order valence-electron chi connectivity index (χ4n) is 12.6. The molecule has 10 bridgehead atoms. The lowest BCUT2D eigenvalue weighted by molar-refractivity contribution is -0.195. The molecule has 0 aromatic heterocycles. The number of rotatable bonds is 9. The lowest BCUT2D eigenvalue weighted by atomic mass is 9.52. The summed E-state index contributed by atoms with van der Waals surface area (Å²) in [5.74, 6) is 9.55. The fraction of sp³-hybridized carbons (Fsp3) is 0.838. The maximum absolute atomic E-state index is 6.41. The molecule has 13 atom stereocenters. The molecule has 1 aromatic rings. The van der Waals surface area contributed by atoms with E-state index >= 15 is 0 Å². The van der Waals surface area contributed by atoms with Gasteiger partial charge < -0.3 is 14.2 Å². The fourth-order valence-corrected chi connectivity index (χ4v) is 16.2. The smallest absolute Gasteiger partial charge is 0.134 e. The molecule has 3 nitrogen and oxygen atoms in total. The van der Waals surface area contributed by atoms with Crippen LogP contribution in [0.2, 0.25) is 0 Å². The van der Waals surface area contributed by atoms with Crippen LogP contribution >= 0.6 is 23.5 Å². The Balaban J connectivity index is 1.09. The third-order valence-corrected chi connectivity index (χ3v) is 17.7. The first-order valence-corrected chi connectivity index (χ1v) is 19.9. The Bertz CT molecular complexity index is 1140. The summed E-state index contributed by atoms with van der Waals surface area (Å²) in [6, 6.07) is 6.86. The molecule has 42 heavy (non-hydrogen) atoms. The third-order valence-electron chi connectivity index (χ3n) is 14.4. The van der Waals surface area contributed by atoms with Gasteiger partial charge in [0.15, 0.2) is 0 Å². The zero-order valence-corrected chi connectivity index (χ0v) is 27.2. The van der Waals surface area contributed by atoms with E-state index in [-0.39, 0.29) is 0 Å². The van der Waals surface area contributed by atoms with Crippen molar-refractivity contribution in [1.82, 2.24) is 0 Å². The first kappa shape index (κ1) is 26.8. The highest BCUT2D eigenvalue weighted by atomic mass is 32.2. The topological polar surface area (TPSA) is 27.7 Å². The number of benzene rings is 1. The van der Waals surface area contributed by atoms with Crippen molar-refractivity contribution in [3.8, 4) is 11.5 Å². The standard InChI is InChI=1S/C37H50O3S2/c1-18(20-13-27-17-28(14-20)41-27)33(21-9-23-15-24(10-21)38-23)37(36-29-5-3-6-30(36)40-29)34(22-11-25-16-26(12-22)39-25)19(2)35-31-7-4-8-32(35)42-31/h3,5-6,18-28,31-35,37H,4,7-17H2,1-2H3/t18-,19+,20?,21?,22?,23?,24?,25?,26?,27?,28?,31?,32?,33-,34-,35?,37+/m1/s1. The Hall–Kier alpha value is -0.360. The largest absolute Gasteiger partial charge is 0.456 e. The van der Waals surface area contributed by atoms with Crippen LogP contribution in [0.3, 0.4) is 0 Å². The van der Waals surface area contributed by atoms with E-state index in [1.807, 2.05) is 0 Å². The van der Waals surface area contributed by atoms with E-state index in [1.54, 1.807) is 5.56 Å². The summed E-state index contributed by atoms with van der Waals surface area (Å²) in [7, 11) is 0. The van der Waals surface area contributed by atoms with Crippen molar-refractivity contribution in [1.29, 1.82) is 0 Å². The average Bonchev–Trinajstić information content (AvgIpc) is 2.97. The van der Waals surface area contributed by atoms with Gasteiger partial charge in [0.2, 0.25) is 0 Å². The summed E-state index contributed by atoms with van der Waals surface area (Å²) in [4.78, 5) is 0. The number of hydrogen-bond acceptors (Lipinski definition) is 5. The molecule has 4 saturated carbocycles. The van der Waals surface area contributed by atoms with Gasteiger partial charge in [0.1, 0.15) is 11.5 Å². The molecule has 8 unspecified atom stereocenters. The van der Waals surface area contributed by atoms with Gasteiger partial charge in [-0.2, -0.15) is 23.5 Å². The Morgan fingerprint density at radius 1 is 0.643 bits per heavy atom. The molecule has 5 heteroatoms. The molecule has 0 radical (unpaired) electrons. The predicted octanol–water partition coefficient (Wildman–Crippen LogP) is 9.08. The number of fused-ring (bicyclic) bond motifs is 10. The van der Waals surface area contributed by atoms with Crippen LogP contribution in [-0.2, 0) is 9.47 Å². The zero-order chi connectivity index (χ0) is 27.7. The highest BCUT2D eigenvalue weighted by Gasteiger charge is 2.58. The molecule has 12 aliphatic rings.